The average Bonchev–Trinajstić information content (AvgIpc) is 3.01. The molecular weight excluding hydrogens is 471 g/mol. The molecule has 1 aromatic heterocycles. The molecule has 28 heavy (non-hydrogen) atoms. The molecular formula is C19H31IN6O2. The van der Waals surface area contributed by atoms with Crippen molar-refractivity contribution in [3.8, 4) is 11.5 Å². The molecule has 0 radical (unpaired) electrons. The highest BCUT2D eigenvalue weighted by Crippen LogP contribution is 2.25. The van der Waals surface area contributed by atoms with Crippen molar-refractivity contribution in [3.63, 3.8) is 0 Å². The molecule has 2 rings (SSSR count). The smallest absolute Gasteiger partial charge is 0.191 e. The van der Waals surface area contributed by atoms with Crippen molar-refractivity contribution in [1.82, 2.24) is 25.4 Å². The largest absolute Gasteiger partial charge is 0.497 e. The third-order valence-corrected chi connectivity index (χ3v) is 4.32. The molecule has 0 aliphatic rings. The molecule has 8 nitrogen and oxygen atoms in total. The third kappa shape index (κ3) is 6.84. The molecule has 0 saturated carbocycles. The molecule has 156 valence electrons. The molecule has 1 aromatic carbocycles. The Morgan fingerprint density at radius 1 is 1.18 bits per heavy atom. The van der Waals surface area contributed by atoms with Crippen LogP contribution in [0.3, 0.4) is 0 Å². The van der Waals surface area contributed by atoms with Gasteiger partial charge in [-0.15, -0.1) is 34.2 Å². The van der Waals surface area contributed by atoms with Gasteiger partial charge in [0.2, 0.25) is 0 Å². The van der Waals surface area contributed by atoms with E-state index in [1.54, 1.807) is 14.2 Å². The molecule has 2 aromatic rings. The van der Waals surface area contributed by atoms with E-state index in [9.17, 15) is 0 Å². The molecule has 0 bridgehead atoms. The minimum absolute atomic E-state index is 0. The van der Waals surface area contributed by atoms with Crippen LogP contribution in [0.15, 0.2) is 23.2 Å². The lowest BCUT2D eigenvalue weighted by Crippen LogP contribution is -2.38. The number of guanidine groups is 1. The van der Waals surface area contributed by atoms with Crippen molar-refractivity contribution in [1.29, 1.82) is 0 Å². The predicted octanol–water partition coefficient (Wildman–Crippen LogP) is 2.79. The van der Waals surface area contributed by atoms with Gasteiger partial charge in [0.05, 0.1) is 27.3 Å². The number of nitrogens with one attached hydrogen (secondary N) is 2. The van der Waals surface area contributed by atoms with E-state index in [4.69, 9.17) is 14.5 Å². The number of benzene rings is 1. The molecule has 0 saturated heterocycles. The summed E-state index contributed by atoms with van der Waals surface area (Å²) in [5.41, 5.74) is 0.990. The average molecular weight is 502 g/mol. The molecule has 0 spiro atoms. The van der Waals surface area contributed by atoms with Gasteiger partial charge in [0.1, 0.15) is 17.3 Å². The Labute approximate surface area is 184 Å². The van der Waals surface area contributed by atoms with Crippen LogP contribution in [0.4, 0.5) is 0 Å². The first-order valence-electron chi connectivity index (χ1n) is 9.17. The van der Waals surface area contributed by atoms with E-state index in [-0.39, 0.29) is 24.0 Å². The number of aryl methyl sites for hydroxylation is 1. The quantitative estimate of drug-likeness (QED) is 0.238. The number of methoxy groups -OCH3 is 2. The van der Waals surface area contributed by atoms with Crippen molar-refractivity contribution in [2.75, 3.05) is 20.8 Å². The van der Waals surface area contributed by atoms with Crippen LogP contribution in [0.5, 0.6) is 11.5 Å². The highest BCUT2D eigenvalue weighted by atomic mass is 127. The highest BCUT2D eigenvalue weighted by molar-refractivity contribution is 14.0. The standard InChI is InChI=1S/C19H30N6O2.HI/c1-6-7-10-20-19(22-13-18-24-23-14(2)25(18)3)21-12-15-8-9-16(26-4)11-17(15)27-5;/h8-9,11H,6-7,10,12-13H2,1-5H3,(H2,20,21,22);1H. The van der Waals surface area contributed by atoms with E-state index >= 15 is 0 Å². The molecule has 9 heteroatoms. The van der Waals surface area contributed by atoms with Crippen LogP contribution >= 0.6 is 24.0 Å². The normalized spacial score (nSPS) is 11.0. The van der Waals surface area contributed by atoms with Crippen LogP contribution in [-0.4, -0.2) is 41.5 Å². The van der Waals surface area contributed by atoms with Crippen molar-refractivity contribution < 1.29 is 9.47 Å². The van der Waals surface area contributed by atoms with Crippen LogP contribution in [-0.2, 0) is 20.1 Å². The summed E-state index contributed by atoms with van der Waals surface area (Å²) in [6.45, 7) is 6.00. The zero-order chi connectivity index (χ0) is 19.6. The topological polar surface area (TPSA) is 85.6 Å². The van der Waals surface area contributed by atoms with Gasteiger partial charge in [0, 0.05) is 25.2 Å². The zero-order valence-electron chi connectivity index (χ0n) is 17.3. The molecule has 1 heterocycles. The number of aromatic nitrogens is 3. The maximum Gasteiger partial charge on any atom is 0.191 e. The lowest BCUT2D eigenvalue weighted by Gasteiger charge is -2.13. The summed E-state index contributed by atoms with van der Waals surface area (Å²) in [4.78, 5) is 4.70. The van der Waals surface area contributed by atoms with Crippen molar-refractivity contribution >= 4 is 29.9 Å². The SMILES string of the molecule is CCCCNC(=NCc1ccc(OC)cc1OC)NCc1nnc(C)n1C.I. The van der Waals surface area contributed by atoms with Gasteiger partial charge in [-0.1, -0.05) is 13.3 Å². The second-order valence-corrected chi connectivity index (χ2v) is 6.20. The van der Waals surface area contributed by atoms with Gasteiger partial charge >= 0.3 is 0 Å². The molecule has 0 aliphatic heterocycles. The summed E-state index contributed by atoms with van der Waals surface area (Å²) in [7, 11) is 5.24. The number of hydrogen-bond donors (Lipinski definition) is 2. The Kier molecular flexibility index (Phi) is 10.6. The van der Waals surface area contributed by atoms with Crippen LogP contribution in [0, 0.1) is 6.92 Å². The van der Waals surface area contributed by atoms with Crippen molar-refractivity contribution in [2.24, 2.45) is 12.0 Å². The fourth-order valence-corrected chi connectivity index (χ4v) is 2.47. The van der Waals surface area contributed by atoms with Crippen molar-refractivity contribution in [2.45, 2.75) is 39.8 Å². The maximum atomic E-state index is 5.45. The first-order valence-corrected chi connectivity index (χ1v) is 9.17. The van der Waals surface area contributed by atoms with Crippen LogP contribution in [0.1, 0.15) is 37.0 Å². The van der Waals surface area contributed by atoms with Crippen LogP contribution in [0.25, 0.3) is 0 Å². The van der Waals surface area contributed by atoms with Gasteiger partial charge in [-0.25, -0.2) is 4.99 Å². The van der Waals surface area contributed by atoms with Gasteiger partial charge in [0.25, 0.3) is 0 Å². The Morgan fingerprint density at radius 3 is 2.57 bits per heavy atom. The fourth-order valence-electron chi connectivity index (χ4n) is 2.47. The minimum atomic E-state index is 0. The second kappa shape index (κ2) is 12.4. The Hall–Kier alpha value is -2.04. The highest BCUT2D eigenvalue weighted by Gasteiger charge is 2.08. The van der Waals surface area contributed by atoms with Gasteiger partial charge in [-0.2, -0.15) is 0 Å². The zero-order valence-corrected chi connectivity index (χ0v) is 19.6. The van der Waals surface area contributed by atoms with Gasteiger partial charge in [-0.05, 0) is 25.5 Å². The first kappa shape index (κ1) is 24.0. The number of nitrogens with zero attached hydrogens (tertiary/aromatic N) is 4. The van der Waals surface area contributed by atoms with E-state index < -0.39 is 0 Å². The number of aliphatic imine (C=N–C) groups is 1. The van der Waals surface area contributed by atoms with E-state index in [1.165, 1.54) is 0 Å². The van der Waals surface area contributed by atoms with E-state index in [0.717, 1.165) is 54.1 Å². The van der Waals surface area contributed by atoms with E-state index in [2.05, 4.69) is 27.8 Å². The molecule has 0 amide bonds. The number of rotatable bonds is 9. The van der Waals surface area contributed by atoms with E-state index in [0.29, 0.717) is 13.1 Å². The summed E-state index contributed by atoms with van der Waals surface area (Å²) in [5, 5.41) is 15.0. The number of unbranched alkanes of at least 4 members (excludes halogenated alkanes) is 1. The summed E-state index contributed by atoms with van der Waals surface area (Å²) in [6.07, 6.45) is 2.20. The lowest BCUT2D eigenvalue weighted by atomic mass is 10.2. The summed E-state index contributed by atoms with van der Waals surface area (Å²) in [6, 6.07) is 5.75. The molecule has 2 N–H and O–H groups in total. The molecule has 0 aliphatic carbocycles. The summed E-state index contributed by atoms with van der Waals surface area (Å²) >= 11 is 0. The first-order chi connectivity index (χ1) is 13.1. The van der Waals surface area contributed by atoms with Crippen LogP contribution in [0.2, 0.25) is 0 Å². The maximum absolute atomic E-state index is 5.45. The summed E-state index contributed by atoms with van der Waals surface area (Å²) in [5.74, 6) is 4.00. The Bertz CT molecular complexity index is 763. The van der Waals surface area contributed by atoms with Gasteiger partial charge in [-0.3, -0.25) is 0 Å². The van der Waals surface area contributed by atoms with Gasteiger partial charge in [0.15, 0.2) is 11.8 Å². The fraction of sp³-hybridized carbons (Fsp3) is 0.526. The third-order valence-electron chi connectivity index (χ3n) is 4.32. The number of ether oxygens (including phenoxy) is 2. The molecule has 0 fully saturated rings. The van der Waals surface area contributed by atoms with Crippen molar-refractivity contribution in [3.05, 3.63) is 35.4 Å². The summed E-state index contributed by atoms with van der Waals surface area (Å²) < 4.78 is 12.7. The molecule has 0 unspecified atom stereocenters. The number of hydrogen-bond acceptors (Lipinski definition) is 5. The minimum Gasteiger partial charge on any atom is -0.497 e. The Morgan fingerprint density at radius 2 is 1.96 bits per heavy atom. The number of halogens is 1. The van der Waals surface area contributed by atoms with Gasteiger partial charge < -0.3 is 24.7 Å². The second-order valence-electron chi connectivity index (χ2n) is 6.20. The predicted molar refractivity (Wildman–Crippen MR) is 122 cm³/mol. The lowest BCUT2D eigenvalue weighted by molar-refractivity contribution is 0.391. The Balaban J connectivity index is 0.00000392. The molecule has 0 atom stereocenters. The van der Waals surface area contributed by atoms with Crippen LogP contribution < -0.4 is 20.1 Å². The monoisotopic (exact) mass is 502 g/mol. The van der Waals surface area contributed by atoms with E-state index in [1.807, 2.05) is 36.7 Å².